The number of hydrogen-bond acceptors (Lipinski definition) is 4. The van der Waals surface area contributed by atoms with E-state index in [-0.39, 0.29) is 0 Å². The molecule has 0 spiro atoms. The molecule has 0 saturated heterocycles. The van der Waals surface area contributed by atoms with E-state index < -0.39 is 0 Å². The van der Waals surface area contributed by atoms with Gasteiger partial charge in [0.15, 0.2) is 0 Å². The van der Waals surface area contributed by atoms with Crippen LogP contribution in [-0.4, -0.2) is 43.7 Å². The van der Waals surface area contributed by atoms with Gasteiger partial charge in [0, 0.05) is 6.54 Å². The van der Waals surface area contributed by atoms with Gasteiger partial charge in [-0.25, -0.2) is 0 Å². The second kappa shape index (κ2) is 8.70. The Morgan fingerprint density at radius 1 is 1.36 bits per heavy atom. The Morgan fingerprint density at radius 3 is 2.80 bits per heavy atom. The summed E-state index contributed by atoms with van der Waals surface area (Å²) in [5.41, 5.74) is 3.21. The van der Waals surface area contributed by atoms with Gasteiger partial charge in [-0.05, 0) is 73.9 Å². The van der Waals surface area contributed by atoms with Crippen molar-refractivity contribution in [2.45, 2.75) is 51.4 Å². The lowest BCUT2D eigenvalue weighted by Gasteiger charge is -2.49. The Hall–Kier alpha value is -1.55. The van der Waals surface area contributed by atoms with Crippen LogP contribution in [0.3, 0.4) is 0 Å². The first kappa shape index (κ1) is 19.8. The van der Waals surface area contributed by atoms with Crippen LogP contribution in [0.25, 0.3) is 0 Å². The molecule has 3 atom stereocenters. The number of nitrogens with zero attached hydrogens (tertiary/aromatic N) is 1. The fourth-order valence-electron chi connectivity index (χ4n) is 4.65. The lowest BCUT2D eigenvalue weighted by molar-refractivity contribution is -0.128. The molecule has 1 N–H and O–H groups in total. The van der Waals surface area contributed by atoms with Gasteiger partial charge in [-0.15, -0.1) is 0 Å². The summed E-state index contributed by atoms with van der Waals surface area (Å²) in [6, 6.07) is 6.00. The van der Waals surface area contributed by atoms with Crippen LogP contribution in [0.2, 0.25) is 0 Å². The Balaban J connectivity index is 0.000000242. The highest BCUT2D eigenvalue weighted by Gasteiger charge is 2.44. The van der Waals surface area contributed by atoms with E-state index in [1.807, 2.05) is 31.1 Å². The molecule has 2 aliphatic carbocycles. The van der Waals surface area contributed by atoms with Crippen LogP contribution < -0.4 is 0 Å². The number of fused-ring (bicyclic) bond motifs is 3. The lowest BCUT2D eigenvalue weighted by atomic mass is 9.55. The van der Waals surface area contributed by atoms with Gasteiger partial charge in [0.1, 0.15) is 12.4 Å². The second-order valence-electron chi connectivity index (χ2n) is 8.04. The minimum atomic E-state index is 0.310. The molecule has 3 rings (SSSR count). The van der Waals surface area contributed by atoms with Crippen molar-refractivity contribution in [3.8, 4) is 5.75 Å². The average molecular weight is 347 g/mol. The topological polar surface area (TPSA) is 49.8 Å². The standard InChI is InChI=1S/C16H22O.C5H11NO2/c1-11-4-3-9-16(2)14(11)8-6-12-5-7-13(17)10-15(12)16;1-6(2)3-4-8-5-7/h5,7,10-11,14,17H,3-4,6,8-9H2,1-2H3;5H,3-4H2,1-2H3. The van der Waals surface area contributed by atoms with Crippen molar-refractivity contribution in [1.82, 2.24) is 4.90 Å². The zero-order valence-electron chi connectivity index (χ0n) is 16.1. The molecular weight excluding hydrogens is 314 g/mol. The van der Waals surface area contributed by atoms with Gasteiger partial charge in [0.2, 0.25) is 0 Å². The molecule has 2 aliphatic rings. The first-order chi connectivity index (χ1) is 11.9. The summed E-state index contributed by atoms with van der Waals surface area (Å²) in [5, 5.41) is 9.76. The van der Waals surface area contributed by atoms with Crippen molar-refractivity contribution < 1.29 is 14.6 Å². The van der Waals surface area contributed by atoms with Crippen LogP contribution in [-0.2, 0) is 21.4 Å². The zero-order chi connectivity index (χ0) is 18.4. The fraction of sp³-hybridized carbons (Fsp3) is 0.667. The van der Waals surface area contributed by atoms with Gasteiger partial charge in [0.05, 0.1) is 0 Å². The minimum Gasteiger partial charge on any atom is -0.508 e. The molecule has 4 heteroatoms. The SMILES string of the molecule is CC1CCCC2(C)c3cc(O)ccc3CCC12.CN(C)CCOC=O. The minimum absolute atomic E-state index is 0.310. The highest BCUT2D eigenvalue weighted by Crippen LogP contribution is 2.52. The number of likely N-dealkylation sites (N-methyl/N-ethyl adjacent to an activating group) is 1. The van der Waals surface area contributed by atoms with Gasteiger partial charge in [0.25, 0.3) is 6.47 Å². The highest BCUT2D eigenvalue weighted by molar-refractivity contribution is 5.42. The van der Waals surface area contributed by atoms with Crippen molar-refractivity contribution in [3.63, 3.8) is 0 Å². The van der Waals surface area contributed by atoms with Crippen molar-refractivity contribution in [1.29, 1.82) is 0 Å². The van der Waals surface area contributed by atoms with Crippen LogP contribution in [0.4, 0.5) is 0 Å². The molecule has 0 radical (unpaired) electrons. The number of aryl methyl sites for hydroxylation is 1. The molecule has 3 unspecified atom stereocenters. The molecule has 0 aliphatic heterocycles. The number of ether oxygens (including phenoxy) is 1. The van der Waals surface area contributed by atoms with Crippen molar-refractivity contribution in [3.05, 3.63) is 29.3 Å². The summed E-state index contributed by atoms with van der Waals surface area (Å²) in [5.74, 6) is 2.08. The Kier molecular flexibility index (Phi) is 6.88. The molecular formula is C21H33NO3. The third kappa shape index (κ3) is 4.75. The summed E-state index contributed by atoms with van der Waals surface area (Å²) in [6.07, 6.45) is 6.53. The van der Waals surface area contributed by atoms with E-state index in [9.17, 15) is 9.90 Å². The second-order valence-corrected chi connectivity index (χ2v) is 8.04. The van der Waals surface area contributed by atoms with Crippen LogP contribution in [0.5, 0.6) is 5.75 Å². The summed E-state index contributed by atoms with van der Waals surface area (Å²) in [4.78, 5) is 11.5. The summed E-state index contributed by atoms with van der Waals surface area (Å²) in [6.45, 7) is 6.57. The average Bonchev–Trinajstić information content (AvgIpc) is 2.56. The number of phenols is 1. The number of phenolic OH excluding ortho intramolecular Hbond substituents is 1. The third-order valence-corrected chi connectivity index (χ3v) is 6.02. The van der Waals surface area contributed by atoms with Crippen LogP contribution in [0.1, 0.15) is 50.7 Å². The number of carbonyl (C=O) groups is 1. The smallest absolute Gasteiger partial charge is 0.293 e. The molecule has 25 heavy (non-hydrogen) atoms. The maximum absolute atomic E-state index is 9.76. The number of benzene rings is 1. The third-order valence-electron chi connectivity index (χ3n) is 6.02. The lowest BCUT2D eigenvalue weighted by Crippen LogP contribution is -2.43. The Labute approximate surface area is 152 Å². The van der Waals surface area contributed by atoms with E-state index in [1.165, 1.54) is 43.2 Å². The van der Waals surface area contributed by atoms with Gasteiger partial charge in [-0.3, -0.25) is 4.79 Å². The van der Waals surface area contributed by atoms with Gasteiger partial charge in [-0.2, -0.15) is 0 Å². The number of carbonyl (C=O) groups excluding carboxylic acids is 1. The van der Waals surface area contributed by atoms with Crippen molar-refractivity contribution in [2.75, 3.05) is 27.2 Å². The molecule has 0 bridgehead atoms. The Bertz CT molecular complexity index is 572. The molecule has 0 amide bonds. The number of rotatable bonds is 4. The maximum atomic E-state index is 9.76. The van der Waals surface area contributed by atoms with Crippen molar-refractivity contribution >= 4 is 6.47 Å². The molecule has 140 valence electrons. The van der Waals surface area contributed by atoms with Crippen LogP contribution in [0, 0.1) is 11.8 Å². The number of aromatic hydroxyl groups is 1. The van der Waals surface area contributed by atoms with Crippen LogP contribution in [0.15, 0.2) is 18.2 Å². The van der Waals surface area contributed by atoms with E-state index in [1.54, 1.807) is 0 Å². The quantitative estimate of drug-likeness (QED) is 0.666. The fourth-order valence-corrected chi connectivity index (χ4v) is 4.65. The number of hydrogen-bond donors (Lipinski definition) is 1. The normalized spacial score (nSPS) is 27.6. The van der Waals surface area contributed by atoms with Crippen molar-refractivity contribution in [2.24, 2.45) is 11.8 Å². The molecule has 4 nitrogen and oxygen atoms in total. The van der Waals surface area contributed by atoms with Crippen LogP contribution >= 0.6 is 0 Å². The maximum Gasteiger partial charge on any atom is 0.293 e. The monoisotopic (exact) mass is 347 g/mol. The highest BCUT2D eigenvalue weighted by atomic mass is 16.5. The molecule has 0 aromatic heterocycles. The van der Waals surface area contributed by atoms with E-state index in [2.05, 4.69) is 24.7 Å². The van der Waals surface area contributed by atoms with E-state index in [0.29, 0.717) is 24.2 Å². The van der Waals surface area contributed by atoms with Gasteiger partial charge >= 0.3 is 0 Å². The van der Waals surface area contributed by atoms with Gasteiger partial charge in [-0.1, -0.05) is 32.8 Å². The zero-order valence-corrected chi connectivity index (χ0v) is 16.1. The predicted molar refractivity (Wildman–Crippen MR) is 101 cm³/mol. The molecule has 1 aromatic rings. The van der Waals surface area contributed by atoms with Gasteiger partial charge < -0.3 is 14.7 Å². The van der Waals surface area contributed by atoms with E-state index in [0.717, 1.165) is 18.4 Å². The Morgan fingerprint density at radius 2 is 2.12 bits per heavy atom. The largest absolute Gasteiger partial charge is 0.508 e. The summed E-state index contributed by atoms with van der Waals surface area (Å²) < 4.78 is 4.42. The summed E-state index contributed by atoms with van der Waals surface area (Å²) in [7, 11) is 3.85. The van der Waals surface area contributed by atoms with E-state index in [4.69, 9.17) is 0 Å². The van der Waals surface area contributed by atoms with E-state index >= 15 is 0 Å². The first-order valence-electron chi connectivity index (χ1n) is 9.41. The predicted octanol–water partition coefficient (Wildman–Crippen LogP) is 3.75. The summed E-state index contributed by atoms with van der Waals surface area (Å²) >= 11 is 0. The molecule has 1 fully saturated rings. The first-order valence-corrected chi connectivity index (χ1v) is 9.41. The molecule has 1 aromatic carbocycles. The molecule has 0 heterocycles. The molecule has 1 saturated carbocycles.